The smallest absolute Gasteiger partial charge is 0.123 e. The Morgan fingerprint density at radius 1 is 1.42 bits per heavy atom. The van der Waals surface area contributed by atoms with Crippen molar-refractivity contribution in [3.05, 3.63) is 34.6 Å². The molecule has 1 aromatic carbocycles. The van der Waals surface area contributed by atoms with Crippen molar-refractivity contribution in [1.29, 1.82) is 0 Å². The molecule has 0 fully saturated rings. The van der Waals surface area contributed by atoms with Crippen LogP contribution in [0.15, 0.2) is 28.1 Å². The minimum atomic E-state index is -1.38. The number of hydrogen-bond donors (Lipinski definition) is 3. The van der Waals surface area contributed by atoms with E-state index in [4.69, 9.17) is 5.73 Å². The SMILES string of the molecule is NC1=Cc2cc(F)ccc2[SH]1O. The fourth-order valence-corrected chi connectivity index (χ4v) is 2.32. The Morgan fingerprint density at radius 3 is 2.92 bits per heavy atom. The lowest BCUT2D eigenvalue weighted by molar-refractivity contribution is 0.625. The van der Waals surface area contributed by atoms with E-state index < -0.39 is 11.2 Å². The van der Waals surface area contributed by atoms with Crippen molar-refractivity contribution in [3.8, 4) is 0 Å². The summed E-state index contributed by atoms with van der Waals surface area (Å²) in [6, 6.07) is 4.28. The highest BCUT2D eigenvalue weighted by Crippen LogP contribution is 2.46. The molecule has 1 aliphatic rings. The van der Waals surface area contributed by atoms with E-state index in [-0.39, 0.29) is 5.82 Å². The zero-order chi connectivity index (χ0) is 8.72. The molecule has 0 bridgehead atoms. The van der Waals surface area contributed by atoms with Crippen LogP contribution in [0.3, 0.4) is 0 Å². The topological polar surface area (TPSA) is 46.2 Å². The van der Waals surface area contributed by atoms with Crippen molar-refractivity contribution in [2.45, 2.75) is 4.90 Å². The molecular formula is C8H8FNOS. The van der Waals surface area contributed by atoms with E-state index >= 15 is 0 Å². The van der Waals surface area contributed by atoms with Crippen LogP contribution in [0.4, 0.5) is 4.39 Å². The molecule has 1 aliphatic heterocycles. The van der Waals surface area contributed by atoms with Crippen LogP contribution in [-0.4, -0.2) is 4.55 Å². The Labute approximate surface area is 72.1 Å². The minimum absolute atomic E-state index is 0.303. The number of hydrogen-bond acceptors (Lipinski definition) is 2. The van der Waals surface area contributed by atoms with E-state index in [2.05, 4.69) is 0 Å². The molecule has 0 aromatic heterocycles. The summed E-state index contributed by atoms with van der Waals surface area (Å²) in [6.07, 6.45) is 1.62. The Kier molecular flexibility index (Phi) is 1.59. The summed E-state index contributed by atoms with van der Waals surface area (Å²) < 4.78 is 22.2. The second-order valence-corrected chi connectivity index (χ2v) is 4.21. The van der Waals surface area contributed by atoms with Crippen LogP contribution in [0, 0.1) is 5.82 Å². The van der Waals surface area contributed by atoms with Gasteiger partial charge < -0.3 is 10.3 Å². The average molecular weight is 185 g/mol. The van der Waals surface area contributed by atoms with Gasteiger partial charge in [0, 0.05) is 4.90 Å². The zero-order valence-electron chi connectivity index (χ0n) is 6.16. The maximum absolute atomic E-state index is 12.7. The van der Waals surface area contributed by atoms with Gasteiger partial charge in [-0.25, -0.2) is 4.39 Å². The standard InChI is InChI=1S/C8H8FNOS/c9-6-1-2-7-5(3-6)4-8(10)12(7)11/h1-4,11-12H,10H2. The van der Waals surface area contributed by atoms with Gasteiger partial charge in [0.15, 0.2) is 0 Å². The first-order valence-corrected chi connectivity index (χ1v) is 4.73. The highest BCUT2D eigenvalue weighted by atomic mass is 32.2. The second kappa shape index (κ2) is 2.50. The van der Waals surface area contributed by atoms with E-state index in [1.807, 2.05) is 0 Å². The van der Waals surface area contributed by atoms with Gasteiger partial charge in [0.05, 0.1) is 5.03 Å². The van der Waals surface area contributed by atoms with Crippen molar-refractivity contribution in [2.75, 3.05) is 0 Å². The molecule has 0 amide bonds. The molecular weight excluding hydrogens is 177 g/mol. The number of thiol groups is 1. The van der Waals surface area contributed by atoms with Gasteiger partial charge >= 0.3 is 0 Å². The molecule has 1 aromatic rings. The van der Waals surface area contributed by atoms with E-state index in [0.717, 1.165) is 4.90 Å². The Morgan fingerprint density at radius 2 is 2.17 bits per heavy atom. The van der Waals surface area contributed by atoms with Gasteiger partial charge in [-0.05, 0) is 29.8 Å². The third-order valence-corrected chi connectivity index (χ3v) is 3.25. The first-order chi connectivity index (χ1) is 5.68. The van der Waals surface area contributed by atoms with E-state index in [1.54, 1.807) is 12.1 Å². The van der Waals surface area contributed by atoms with Gasteiger partial charge in [0.25, 0.3) is 0 Å². The Balaban J connectivity index is 2.57. The summed E-state index contributed by atoms with van der Waals surface area (Å²) >= 11 is -1.38. The summed E-state index contributed by atoms with van der Waals surface area (Å²) in [5, 5.41) is 0.436. The molecule has 1 unspecified atom stereocenters. The molecule has 64 valence electrons. The Bertz CT molecular complexity index is 364. The molecule has 0 spiro atoms. The van der Waals surface area contributed by atoms with Gasteiger partial charge in [-0.3, -0.25) is 0 Å². The molecule has 3 N–H and O–H groups in total. The summed E-state index contributed by atoms with van der Waals surface area (Å²) in [5.74, 6) is -0.303. The fraction of sp³-hybridized carbons (Fsp3) is 0. The highest BCUT2D eigenvalue weighted by molar-refractivity contribution is 8.16. The van der Waals surface area contributed by atoms with Crippen LogP contribution >= 0.6 is 11.2 Å². The number of rotatable bonds is 0. The van der Waals surface area contributed by atoms with E-state index in [0.29, 0.717) is 10.6 Å². The number of nitrogens with two attached hydrogens (primary N) is 1. The predicted octanol–water partition coefficient (Wildman–Crippen LogP) is 1.93. The zero-order valence-corrected chi connectivity index (χ0v) is 7.05. The third kappa shape index (κ3) is 1.00. The second-order valence-electron chi connectivity index (χ2n) is 2.58. The number of fused-ring (bicyclic) bond motifs is 1. The van der Waals surface area contributed by atoms with Crippen molar-refractivity contribution in [2.24, 2.45) is 5.73 Å². The molecule has 0 saturated heterocycles. The first-order valence-electron chi connectivity index (χ1n) is 3.44. The number of benzene rings is 1. The van der Waals surface area contributed by atoms with Gasteiger partial charge in [-0.15, -0.1) is 0 Å². The number of halogens is 1. The largest absolute Gasteiger partial charge is 0.393 e. The predicted molar refractivity (Wildman–Crippen MR) is 48.4 cm³/mol. The van der Waals surface area contributed by atoms with Gasteiger partial charge in [0.1, 0.15) is 5.82 Å². The summed E-state index contributed by atoms with van der Waals surface area (Å²) in [7, 11) is 0. The molecule has 2 nitrogen and oxygen atoms in total. The van der Waals surface area contributed by atoms with Crippen molar-refractivity contribution < 1.29 is 8.94 Å². The van der Waals surface area contributed by atoms with Crippen LogP contribution in [0.5, 0.6) is 0 Å². The quantitative estimate of drug-likeness (QED) is 0.541. The van der Waals surface area contributed by atoms with Crippen LogP contribution < -0.4 is 5.73 Å². The van der Waals surface area contributed by atoms with E-state index in [1.165, 1.54) is 12.1 Å². The maximum atomic E-state index is 12.7. The third-order valence-electron chi connectivity index (χ3n) is 1.77. The molecule has 0 radical (unpaired) electrons. The van der Waals surface area contributed by atoms with Gasteiger partial charge in [-0.1, -0.05) is 11.2 Å². The molecule has 2 rings (SSSR count). The van der Waals surface area contributed by atoms with Crippen molar-refractivity contribution in [1.82, 2.24) is 0 Å². The first kappa shape index (κ1) is 7.64. The summed E-state index contributed by atoms with van der Waals surface area (Å²) in [4.78, 5) is 0.740. The molecule has 4 heteroatoms. The summed E-state index contributed by atoms with van der Waals surface area (Å²) in [6.45, 7) is 0. The van der Waals surface area contributed by atoms with Crippen molar-refractivity contribution >= 4 is 17.3 Å². The molecule has 0 aliphatic carbocycles. The average Bonchev–Trinajstić information content (AvgIpc) is 2.28. The lowest BCUT2D eigenvalue weighted by Crippen LogP contribution is -1.92. The highest BCUT2D eigenvalue weighted by Gasteiger charge is 2.17. The lowest BCUT2D eigenvalue weighted by Gasteiger charge is -2.09. The molecule has 1 atom stereocenters. The minimum Gasteiger partial charge on any atom is -0.393 e. The maximum Gasteiger partial charge on any atom is 0.123 e. The normalized spacial score (nSPS) is 23.5. The van der Waals surface area contributed by atoms with Crippen LogP contribution in [0.25, 0.3) is 6.08 Å². The monoisotopic (exact) mass is 185 g/mol. The van der Waals surface area contributed by atoms with Gasteiger partial charge in [-0.2, -0.15) is 0 Å². The van der Waals surface area contributed by atoms with Crippen molar-refractivity contribution in [3.63, 3.8) is 0 Å². The Hall–Kier alpha value is -1.00. The molecule has 0 saturated carbocycles. The lowest BCUT2D eigenvalue weighted by atomic mass is 10.2. The van der Waals surface area contributed by atoms with E-state index in [9.17, 15) is 8.94 Å². The summed E-state index contributed by atoms with van der Waals surface area (Å²) in [5.41, 5.74) is 6.19. The molecule has 1 heterocycles. The van der Waals surface area contributed by atoms with Crippen LogP contribution in [0.1, 0.15) is 5.56 Å². The molecule has 12 heavy (non-hydrogen) atoms. The fourth-order valence-electron chi connectivity index (χ4n) is 1.19. The van der Waals surface area contributed by atoms with Crippen LogP contribution in [-0.2, 0) is 0 Å². The van der Waals surface area contributed by atoms with Crippen LogP contribution in [0.2, 0.25) is 0 Å². The van der Waals surface area contributed by atoms with Gasteiger partial charge in [0.2, 0.25) is 0 Å².